The third-order valence-electron chi connectivity index (χ3n) is 5.98. The van der Waals surface area contributed by atoms with E-state index in [1.54, 1.807) is 0 Å². The SMILES string of the molecule is NCC(CCCCC(CN)CCCc1ccccc1)CCCc1ccccc1. The van der Waals surface area contributed by atoms with Crippen molar-refractivity contribution in [2.45, 2.75) is 64.2 Å². The molecule has 0 aromatic heterocycles. The van der Waals surface area contributed by atoms with Crippen LogP contribution in [0.15, 0.2) is 60.7 Å². The maximum absolute atomic E-state index is 6.02. The Bertz CT molecular complexity index is 541. The number of nitrogens with two attached hydrogens (primary N) is 2. The van der Waals surface area contributed by atoms with E-state index in [0.717, 1.165) is 13.1 Å². The highest BCUT2D eigenvalue weighted by Crippen LogP contribution is 2.20. The maximum Gasteiger partial charge on any atom is -0.00489 e. The molecule has 0 saturated carbocycles. The van der Waals surface area contributed by atoms with E-state index in [-0.39, 0.29) is 0 Å². The monoisotopic (exact) mass is 380 g/mol. The zero-order chi connectivity index (χ0) is 19.9. The largest absolute Gasteiger partial charge is 0.330 e. The van der Waals surface area contributed by atoms with Gasteiger partial charge in [-0.3, -0.25) is 0 Å². The molecule has 0 heterocycles. The van der Waals surface area contributed by atoms with Crippen molar-refractivity contribution in [3.8, 4) is 0 Å². The highest BCUT2D eigenvalue weighted by molar-refractivity contribution is 5.15. The molecule has 0 aliphatic heterocycles. The number of unbranched alkanes of at least 4 members (excludes halogenated alkanes) is 1. The van der Waals surface area contributed by atoms with E-state index in [2.05, 4.69) is 60.7 Å². The number of hydrogen-bond acceptors (Lipinski definition) is 2. The second-order valence-electron chi connectivity index (χ2n) is 8.24. The summed E-state index contributed by atoms with van der Waals surface area (Å²) in [6.45, 7) is 1.65. The van der Waals surface area contributed by atoms with Gasteiger partial charge in [0.1, 0.15) is 0 Å². The lowest BCUT2D eigenvalue weighted by Crippen LogP contribution is -2.16. The molecule has 2 unspecified atom stereocenters. The third-order valence-corrected chi connectivity index (χ3v) is 5.98. The summed E-state index contributed by atoms with van der Waals surface area (Å²) in [6, 6.07) is 21.6. The van der Waals surface area contributed by atoms with Crippen LogP contribution < -0.4 is 11.5 Å². The summed E-state index contributed by atoms with van der Waals surface area (Å²) in [5, 5.41) is 0. The lowest BCUT2D eigenvalue weighted by atomic mass is 9.91. The molecule has 0 aliphatic carbocycles. The fourth-order valence-electron chi connectivity index (χ4n) is 4.11. The molecule has 28 heavy (non-hydrogen) atoms. The number of hydrogen-bond donors (Lipinski definition) is 2. The van der Waals surface area contributed by atoms with Gasteiger partial charge in [-0.15, -0.1) is 0 Å². The van der Waals surface area contributed by atoms with Crippen LogP contribution in [0.2, 0.25) is 0 Å². The van der Waals surface area contributed by atoms with Crippen LogP contribution in [0.5, 0.6) is 0 Å². The highest BCUT2D eigenvalue weighted by atomic mass is 14.5. The van der Waals surface area contributed by atoms with Crippen LogP contribution in [0.25, 0.3) is 0 Å². The van der Waals surface area contributed by atoms with Gasteiger partial charge in [0, 0.05) is 0 Å². The molecular formula is C26H40N2. The molecule has 0 bridgehead atoms. The maximum atomic E-state index is 6.02. The van der Waals surface area contributed by atoms with Crippen LogP contribution in [0, 0.1) is 11.8 Å². The lowest BCUT2D eigenvalue weighted by molar-refractivity contribution is 0.387. The van der Waals surface area contributed by atoms with Gasteiger partial charge in [-0.1, -0.05) is 73.5 Å². The van der Waals surface area contributed by atoms with Crippen LogP contribution in [0.3, 0.4) is 0 Å². The van der Waals surface area contributed by atoms with Gasteiger partial charge in [-0.25, -0.2) is 0 Å². The minimum Gasteiger partial charge on any atom is -0.330 e. The van der Waals surface area contributed by atoms with Crippen molar-refractivity contribution < 1.29 is 0 Å². The molecule has 2 nitrogen and oxygen atoms in total. The fraction of sp³-hybridized carbons (Fsp3) is 0.538. The first-order valence-corrected chi connectivity index (χ1v) is 11.3. The summed E-state index contributed by atoms with van der Waals surface area (Å²) in [5.74, 6) is 1.36. The first-order chi connectivity index (χ1) is 13.8. The van der Waals surface area contributed by atoms with Crippen LogP contribution in [0.4, 0.5) is 0 Å². The Kier molecular flexibility index (Phi) is 11.6. The zero-order valence-corrected chi connectivity index (χ0v) is 17.6. The molecule has 0 spiro atoms. The highest BCUT2D eigenvalue weighted by Gasteiger charge is 2.10. The molecule has 2 aromatic carbocycles. The van der Waals surface area contributed by atoms with Crippen LogP contribution in [-0.2, 0) is 12.8 Å². The average molecular weight is 381 g/mol. The van der Waals surface area contributed by atoms with Crippen molar-refractivity contribution >= 4 is 0 Å². The summed E-state index contributed by atoms with van der Waals surface area (Å²) in [6.07, 6.45) is 12.5. The summed E-state index contributed by atoms with van der Waals surface area (Å²) in [4.78, 5) is 0. The first-order valence-electron chi connectivity index (χ1n) is 11.3. The van der Waals surface area contributed by atoms with Gasteiger partial charge in [0.25, 0.3) is 0 Å². The van der Waals surface area contributed by atoms with Crippen LogP contribution in [-0.4, -0.2) is 13.1 Å². The normalized spacial score (nSPS) is 13.4. The molecule has 2 atom stereocenters. The predicted molar refractivity (Wildman–Crippen MR) is 122 cm³/mol. The van der Waals surface area contributed by atoms with Gasteiger partial charge in [0.05, 0.1) is 0 Å². The molecule has 4 N–H and O–H groups in total. The minimum atomic E-state index is 0.679. The molecule has 2 aromatic rings. The van der Waals surface area contributed by atoms with Gasteiger partial charge >= 0.3 is 0 Å². The Hall–Kier alpha value is -1.64. The van der Waals surface area contributed by atoms with Gasteiger partial charge in [0.2, 0.25) is 0 Å². The van der Waals surface area contributed by atoms with Crippen molar-refractivity contribution in [3.63, 3.8) is 0 Å². The van der Waals surface area contributed by atoms with Crippen molar-refractivity contribution in [2.24, 2.45) is 23.3 Å². The van der Waals surface area contributed by atoms with Crippen molar-refractivity contribution in [3.05, 3.63) is 71.8 Å². The van der Waals surface area contributed by atoms with Gasteiger partial charge in [-0.2, -0.15) is 0 Å². The Balaban J connectivity index is 1.54. The standard InChI is InChI=1S/C26H40N2/c27-21-25(19-9-17-23-11-3-1-4-12-23)15-7-8-16-26(22-28)20-10-18-24-13-5-2-6-14-24/h1-6,11-14,25-26H,7-10,15-22,27-28H2. The molecule has 0 fully saturated rings. The van der Waals surface area contributed by atoms with E-state index in [1.165, 1.54) is 75.3 Å². The van der Waals surface area contributed by atoms with E-state index in [4.69, 9.17) is 11.5 Å². The van der Waals surface area contributed by atoms with Crippen molar-refractivity contribution in [2.75, 3.05) is 13.1 Å². The Labute approximate surface area is 172 Å². The van der Waals surface area contributed by atoms with E-state index in [1.807, 2.05) is 0 Å². The van der Waals surface area contributed by atoms with Crippen LogP contribution in [0.1, 0.15) is 62.5 Å². The van der Waals surface area contributed by atoms with Gasteiger partial charge in [0.15, 0.2) is 0 Å². The smallest absolute Gasteiger partial charge is 0.00489 e. The predicted octanol–water partition coefficient (Wildman–Crippen LogP) is 5.74. The van der Waals surface area contributed by atoms with Crippen LogP contribution >= 0.6 is 0 Å². The lowest BCUT2D eigenvalue weighted by Gasteiger charge is -2.17. The zero-order valence-electron chi connectivity index (χ0n) is 17.6. The minimum absolute atomic E-state index is 0.679. The van der Waals surface area contributed by atoms with Crippen molar-refractivity contribution in [1.29, 1.82) is 0 Å². The van der Waals surface area contributed by atoms with Crippen molar-refractivity contribution in [1.82, 2.24) is 0 Å². The molecular weight excluding hydrogens is 340 g/mol. The first kappa shape index (κ1) is 22.6. The molecule has 0 radical (unpaired) electrons. The Morgan fingerprint density at radius 3 is 1.21 bits per heavy atom. The molecule has 0 saturated heterocycles. The summed E-state index contributed by atoms with van der Waals surface area (Å²) < 4.78 is 0. The van der Waals surface area contributed by atoms with E-state index < -0.39 is 0 Å². The van der Waals surface area contributed by atoms with E-state index in [9.17, 15) is 0 Å². The number of rotatable bonds is 15. The Morgan fingerprint density at radius 1 is 0.500 bits per heavy atom. The Morgan fingerprint density at radius 2 is 0.857 bits per heavy atom. The number of benzene rings is 2. The molecule has 0 aliphatic rings. The van der Waals surface area contributed by atoms with Gasteiger partial charge in [-0.05, 0) is 87.4 Å². The van der Waals surface area contributed by atoms with E-state index >= 15 is 0 Å². The quantitative estimate of drug-likeness (QED) is 0.387. The second-order valence-corrected chi connectivity index (χ2v) is 8.24. The molecule has 0 amide bonds. The second kappa shape index (κ2) is 14.4. The molecule has 2 heteroatoms. The topological polar surface area (TPSA) is 52.0 Å². The van der Waals surface area contributed by atoms with E-state index in [0.29, 0.717) is 11.8 Å². The number of aryl methyl sites for hydroxylation is 2. The van der Waals surface area contributed by atoms with Gasteiger partial charge < -0.3 is 11.5 Å². The average Bonchev–Trinajstić information content (AvgIpc) is 2.75. The molecule has 154 valence electrons. The summed E-state index contributed by atoms with van der Waals surface area (Å²) in [5.41, 5.74) is 14.9. The summed E-state index contributed by atoms with van der Waals surface area (Å²) in [7, 11) is 0. The summed E-state index contributed by atoms with van der Waals surface area (Å²) >= 11 is 0. The molecule has 2 rings (SSSR count). The third kappa shape index (κ3) is 9.52. The fourth-order valence-corrected chi connectivity index (χ4v) is 4.11.